The number of ether oxygens (including phenoxy) is 1. The van der Waals surface area contributed by atoms with E-state index in [0.717, 1.165) is 19.3 Å². The van der Waals surface area contributed by atoms with E-state index in [1.54, 1.807) is 13.8 Å². The van der Waals surface area contributed by atoms with Crippen LogP contribution in [0.25, 0.3) is 10.9 Å². The van der Waals surface area contributed by atoms with Crippen LogP contribution >= 0.6 is 0 Å². The molecule has 140 valence electrons. The maximum Gasteiger partial charge on any atom is 0.215 e. The SMILES string of the molecule is Cc1nc(N)c(C(=O)c2ccc(F)c3c2cnn3C2CCCCO2)nc1C. The van der Waals surface area contributed by atoms with Crippen molar-refractivity contribution in [1.82, 2.24) is 19.7 Å². The second kappa shape index (κ2) is 6.70. The fourth-order valence-corrected chi connectivity index (χ4v) is 3.37. The summed E-state index contributed by atoms with van der Waals surface area (Å²) in [6.07, 6.45) is 3.88. The first-order chi connectivity index (χ1) is 13.0. The highest BCUT2D eigenvalue weighted by molar-refractivity contribution is 6.16. The van der Waals surface area contributed by atoms with Gasteiger partial charge in [0, 0.05) is 17.6 Å². The van der Waals surface area contributed by atoms with Crippen LogP contribution in [0.5, 0.6) is 0 Å². The second-order valence-electron chi connectivity index (χ2n) is 6.72. The minimum Gasteiger partial charge on any atom is -0.382 e. The van der Waals surface area contributed by atoms with Crippen LogP contribution in [0.1, 0.15) is 52.9 Å². The Labute approximate surface area is 155 Å². The van der Waals surface area contributed by atoms with E-state index in [1.165, 1.54) is 23.0 Å². The molecule has 2 aromatic heterocycles. The zero-order valence-electron chi connectivity index (χ0n) is 15.2. The van der Waals surface area contributed by atoms with Gasteiger partial charge in [-0.1, -0.05) is 0 Å². The number of fused-ring (bicyclic) bond motifs is 1. The Morgan fingerprint density at radius 2 is 2.04 bits per heavy atom. The number of ketones is 1. The van der Waals surface area contributed by atoms with Crippen LogP contribution in [0, 0.1) is 19.7 Å². The maximum absolute atomic E-state index is 14.6. The number of nitrogens with zero attached hydrogens (tertiary/aromatic N) is 4. The molecular weight excluding hydrogens is 349 g/mol. The normalized spacial score (nSPS) is 17.4. The van der Waals surface area contributed by atoms with Gasteiger partial charge in [-0.2, -0.15) is 5.10 Å². The number of benzene rings is 1. The van der Waals surface area contributed by atoms with Gasteiger partial charge in [-0.3, -0.25) is 4.79 Å². The molecule has 1 aliphatic heterocycles. The fourth-order valence-electron chi connectivity index (χ4n) is 3.37. The molecule has 1 fully saturated rings. The van der Waals surface area contributed by atoms with Crippen LogP contribution < -0.4 is 5.73 Å². The van der Waals surface area contributed by atoms with E-state index in [-0.39, 0.29) is 28.8 Å². The second-order valence-corrected chi connectivity index (χ2v) is 6.72. The number of hydrogen-bond acceptors (Lipinski definition) is 6. The van der Waals surface area contributed by atoms with Crippen LogP contribution in [0.4, 0.5) is 10.2 Å². The van der Waals surface area contributed by atoms with Gasteiger partial charge in [0.2, 0.25) is 5.78 Å². The Bertz CT molecular complexity index is 1040. The maximum atomic E-state index is 14.6. The molecule has 27 heavy (non-hydrogen) atoms. The minimum absolute atomic E-state index is 0.0589. The molecule has 0 spiro atoms. The van der Waals surface area contributed by atoms with Crippen LogP contribution in [0.15, 0.2) is 18.3 Å². The van der Waals surface area contributed by atoms with Crippen LogP contribution in [-0.2, 0) is 4.74 Å². The molecule has 1 aromatic carbocycles. The Morgan fingerprint density at radius 3 is 2.78 bits per heavy atom. The number of halogens is 1. The first-order valence-electron chi connectivity index (χ1n) is 8.90. The summed E-state index contributed by atoms with van der Waals surface area (Å²) in [5.74, 6) is -0.798. The summed E-state index contributed by atoms with van der Waals surface area (Å²) in [5, 5.41) is 4.71. The molecule has 0 bridgehead atoms. The van der Waals surface area contributed by atoms with Gasteiger partial charge in [-0.15, -0.1) is 0 Å². The molecule has 2 N–H and O–H groups in total. The van der Waals surface area contributed by atoms with E-state index in [2.05, 4.69) is 15.1 Å². The Kier molecular flexibility index (Phi) is 4.35. The van der Waals surface area contributed by atoms with Gasteiger partial charge in [0.25, 0.3) is 0 Å². The van der Waals surface area contributed by atoms with Crippen LogP contribution in [-0.4, -0.2) is 32.1 Å². The smallest absolute Gasteiger partial charge is 0.215 e. The summed E-state index contributed by atoms with van der Waals surface area (Å²) in [4.78, 5) is 21.5. The summed E-state index contributed by atoms with van der Waals surface area (Å²) in [7, 11) is 0. The average Bonchev–Trinajstić information content (AvgIpc) is 3.11. The highest BCUT2D eigenvalue weighted by Gasteiger charge is 2.25. The van der Waals surface area contributed by atoms with Crippen molar-refractivity contribution >= 4 is 22.5 Å². The van der Waals surface area contributed by atoms with E-state index < -0.39 is 11.6 Å². The average molecular weight is 369 g/mol. The Hall–Kier alpha value is -2.87. The van der Waals surface area contributed by atoms with Crippen LogP contribution in [0.3, 0.4) is 0 Å². The van der Waals surface area contributed by atoms with Gasteiger partial charge in [0.1, 0.15) is 11.3 Å². The number of aromatic nitrogens is 4. The molecule has 0 aliphatic carbocycles. The molecule has 1 saturated heterocycles. The lowest BCUT2D eigenvalue weighted by molar-refractivity contribution is -0.0369. The summed E-state index contributed by atoms with van der Waals surface area (Å²) >= 11 is 0. The quantitative estimate of drug-likeness (QED) is 0.713. The number of carbonyl (C=O) groups is 1. The van der Waals surface area contributed by atoms with E-state index in [0.29, 0.717) is 23.4 Å². The lowest BCUT2D eigenvalue weighted by Crippen LogP contribution is -2.19. The molecule has 4 rings (SSSR count). The largest absolute Gasteiger partial charge is 0.382 e. The zero-order chi connectivity index (χ0) is 19.1. The van der Waals surface area contributed by atoms with Crippen molar-refractivity contribution in [3.63, 3.8) is 0 Å². The van der Waals surface area contributed by atoms with E-state index in [1.807, 2.05) is 0 Å². The predicted octanol–water partition coefficient (Wildman–Crippen LogP) is 3.09. The number of anilines is 1. The number of rotatable bonds is 3. The number of nitrogens with two attached hydrogens (primary N) is 1. The lowest BCUT2D eigenvalue weighted by Gasteiger charge is -2.23. The molecule has 0 saturated carbocycles. The number of aryl methyl sites for hydroxylation is 2. The highest BCUT2D eigenvalue weighted by Crippen LogP contribution is 2.30. The molecule has 3 heterocycles. The standard InChI is InChI=1S/C19H20FN5O2/c1-10-11(2)24-19(21)16(23-10)18(26)12-6-7-14(20)17-13(12)9-22-25(17)15-5-3-4-8-27-15/h6-7,9,15H,3-5,8H2,1-2H3,(H2,21,24). The van der Waals surface area contributed by atoms with Gasteiger partial charge in [-0.25, -0.2) is 19.0 Å². The Balaban J connectivity index is 1.83. The van der Waals surface area contributed by atoms with Gasteiger partial charge >= 0.3 is 0 Å². The molecule has 0 radical (unpaired) electrons. The van der Waals surface area contributed by atoms with Crippen molar-refractivity contribution in [3.05, 3.63) is 46.8 Å². The van der Waals surface area contributed by atoms with Gasteiger partial charge < -0.3 is 10.5 Å². The minimum atomic E-state index is -0.452. The van der Waals surface area contributed by atoms with Crippen molar-refractivity contribution in [2.75, 3.05) is 12.3 Å². The van der Waals surface area contributed by atoms with Crippen molar-refractivity contribution < 1.29 is 13.9 Å². The van der Waals surface area contributed by atoms with Crippen molar-refractivity contribution in [1.29, 1.82) is 0 Å². The van der Waals surface area contributed by atoms with Gasteiger partial charge in [0.05, 0.1) is 17.6 Å². The monoisotopic (exact) mass is 369 g/mol. The molecular formula is C19H20FN5O2. The number of nitrogen functional groups attached to an aromatic ring is 1. The Morgan fingerprint density at radius 1 is 1.26 bits per heavy atom. The van der Waals surface area contributed by atoms with Gasteiger partial charge in [0.15, 0.2) is 17.7 Å². The molecule has 0 amide bonds. The summed E-state index contributed by atoms with van der Waals surface area (Å²) in [6, 6.07) is 2.70. The number of carbonyl (C=O) groups excluding carboxylic acids is 1. The third kappa shape index (κ3) is 2.95. The molecule has 1 unspecified atom stereocenters. The molecule has 8 heteroatoms. The summed E-state index contributed by atoms with van der Waals surface area (Å²) in [6.45, 7) is 4.15. The summed E-state index contributed by atoms with van der Waals surface area (Å²) in [5.41, 5.74) is 7.81. The molecule has 3 aromatic rings. The fraction of sp³-hybridized carbons (Fsp3) is 0.368. The first kappa shape index (κ1) is 17.5. The third-order valence-electron chi connectivity index (χ3n) is 4.93. The van der Waals surface area contributed by atoms with E-state index >= 15 is 0 Å². The topological polar surface area (TPSA) is 95.9 Å². The van der Waals surface area contributed by atoms with Gasteiger partial charge in [-0.05, 0) is 45.2 Å². The van der Waals surface area contributed by atoms with Crippen molar-refractivity contribution in [2.24, 2.45) is 0 Å². The lowest BCUT2D eigenvalue weighted by atomic mass is 10.0. The summed E-state index contributed by atoms with van der Waals surface area (Å²) < 4.78 is 21.8. The van der Waals surface area contributed by atoms with Crippen LogP contribution in [0.2, 0.25) is 0 Å². The zero-order valence-corrected chi connectivity index (χ0v) is 15.2. The molecule has 1 atom stereocenters. The molecule has 1 aliphatic rings. The van der Waals surface area contributed by atoms with Crippen molar-refractivity contribution in [3.8, 4) is 0 Å². The number of hydrogen-bond donors (Lipinski definition) is 1. The molecule has 7 nitrogen and oxygen atoms in total. The highest BCUT2D eigenvalue weighted by atomic mass is 19.1. The first-order valence-corrected chi connectivity index (χ1v) is 8.90. The van der Waals surface area contributed by atoms with E-state index in [9.17, 15) is 9.18 Å². The third-order valence-corrected chi connectivity index (χ3v) is 4.93. The predicted molar refractivity (Wildman–Crippen MR) is 97.9 cm³/mol. The van der Waals surface area contributed by atoms with E-state index in [4.69, 9.17) is 10.5 Å². The van der Waals surface area contributed by atoms with Crippen molar-refractivity contribution in [2.45, 2.75) is 39.3 Å².